The maximum atomic E-state index is 11.3. The monoisotopic (exact) mass is 330 g/mol. The van der Waals surface area contributed by atoms with E-state index in [1.54, 1.807) is 0 Å². The van der Waals surface area contributed by atoms with Crippen LogP contribution >= 0.6 is 15.9 Å². The number of hydrogen-bond donors (Lipinski definition) is 1. The molecular weight excluding hydrogens is 320 g/mol. The average molecular weight is 331 g/mol. The number of benzene rings is 1. The number of hydrogen-bond acceptors (Lipinski definition) is 5. The highest BCUT2D eigenvalue weighted by Gasteiger charge is 2.20. The van der Waals surface area contributed by atoms with Crippen LogP contribution in [0.3, 0.4) is 0 Å². The first-order valence-corrected chi connectivity index (χ1v) is 7.90. The van der Waals surface area contributed by atoms with E-state index in [0.717, 1.165) is 16.3 Å². The zero-order chi connectivity index (χ0) is 13.3. The van der Waals surface area contributed by atoms with Gasteiger partial charge in [0.25, 0.3) is 0 Å². The predicted octanol–water partition coefficient (Wildman–Crippen LogP) is 2.23. The Labute approximate surface area is 113 Å². The maximum absolute atomic E-state index is 11.3. The molecule has 0 atom stereocenters. The van der Waals surface area contributed by atoms with Crippen LogP contribution in [0.1, 0.15) is 5.69 Å². The van der Waals surface area contributed by atoms with Crippen LogP contribution in [-0.4, -0.2) is 19.8 Å². The molecule has 0 saturated heterocycles. The summed E-state index contributed by atoms with van der Waals surface area (Å²) in [5.74, 6) is -0.0924. The first-order chi connectivity index (χ1) is 8.38. The topological polar surface area (TPSA) is 86.2 Å². The molecule has 96 valence electrons. The molecule has 0 bridgehead atoms. The molecular formula is C11H11BrN2O3S. The Hall–Kier alpha value is -1.34. The molecule has 0 amide bonds. The summed E-state index contributed by atoms with van der Waals surface area (Å²) in [5.41, 5.74) is 7.32. The van der Waals surface area contributed by atoms with E-state index in [9.17, 15) is 8.42 Å². The van der Waals surface area contributed by atoms with Gasteiger partial charge in [0.15, 0.2) is 9.84 Å². The second kappa shape index (κ2) is 4.74. The molecule has 2 N–H and O–H groups in total. The van der Waals surface area contributed by atoms with Gasteiger partial charge < -0.3 is 10.3 Å². The van der Waals surface area contributed by atoms with E-state index in [0.29, 0.717) is 11.3 Å². The third-order valence-corrected chi connectivity index (χ3v) is 3.82. The molecule has 7 heteroatoms. The Balaban J connectivity index is 2.58. The molecule has 0 aliphatic rings. The van der Waals surface area contributed by atoms with Gasteiger partial charge >= 0.3 is 0 Å². The van der Waals surface area contributed by atoms with Gasteiger partial charge in [-0.3, -0.25) is 0 Å². The van der Waals surface area contributed by atoms with E-state index < -0.39 is 9.84 Å². The lowest BCUT2D eigenvalue weighted by molar-refractivity contribution is 0.430. The van der Waals surface area contributed by atoms with E-state index in [4.69, 9.17) is 10.3 Å². The number of rotatable bonds is 3. The lowest BCUT2D eigenvalue weighted by atomic mass is 10.1. The van der Waals surface area contributed by atoms with Crippen molar-refractivity contribution < 1.29 is 12.9 Å². The highest BCUT2D eigenvalue weighted by atomic mass is 79.9. The molecule has 0 fully saturated rings. The molecule has 0 spiro atoms. The highest BCUT2D eigenvalue weighted by molar-refractivity contribution is 9.10. The second-order valence-electron chi connectivity index (χ2n) is 3.92. The van der Waals surface area contributed by atoms with E-state index in [1.807, 2.05) is 24.3 Å². The zero-order valence-corrected chi connectivity index (χ0v) is 12.0. The van der Waals surface area contributed by atoms with Gasteiger partial charge in [-0.2, -0.15) is 0 Å². The number of aromatic nitrogens is 1. The summed E-state index contributed by atoms with van der Waals surface area (Å²) in [4.78, 5) is 0. The van der Waals surface area contributed by atoms with Crippen LogP contribution in [0.25, 0.3) is 11.1 Å². The number of halogens is 1. The summed E-state index contributed by atoms with van der Waals surface area (Å²) in [6, 6.07) is 7.34. The van der Waals surface area contributed by atoms with Crippen molar-refractivity contribution in [3.63, 3.8) is 0 Å². The van der Waals surface area contributed by atoms with Crippen LogP contribution < -0.4 is 5.73 Å². The Kier molecular flexibility index (Phi) is 3.45. The molecule has 2 rings (SSSR count). The van der Waals surface area contributed by atoms with Crippen molar-refractivity contribution in [2.45, 2.75) is 5.75 Å². The highest BCUT2D eigenvalue weighted by Crippen LogP contribution is 2.35. The normalized spacial score (nSPS) is 11.7. The third kappa shape index (κ3) is 2.73. The van der Waals surface area contributed by atoms with Gasteiger partial charge in [-0.05, 0) is 6.07 Å². The van der Waals surface area contributed by atoms with Gasteiger partial charge in [0, 0.05) is 16.3 Å². The van der Waals surface area contributed by atoms with Gasteiger partial charge in [-0.15, -0.1) is 0 Å². The number of anilines is 1. The minimum Gasteiger partial charge on any atom is -0.367 e. The quantitative estimate of drug-likeness (QED) is 0.932. The van der Waals surface area contributed by atoms with Crippen molar-refractivity contribution in [1.82, 2.24) is 5.16 Å². The molecule has 18 heavy (non-hydrogen) atoms. The first kappa shape index (κ1) is 13.1. The number of nitrogen functional groups attached to an aromatic ring is 1. The smallest absolute Gasteiger partial charge is 0.230 e. The standard InChI is InChI=1S/C11H11BrN2O3S/c1-18(15,16)6-9-10(11(13)17-14-9)7-4-2-3-5-8(7)12/h2-5H,6,13H2,1H3. The van der Waals surface area contributed by atoms with Crippen LogP contribution in [0.5, 0.6) is 0 Å². The average Bonchev–Trinajstić information content (AvgIpc) is 2.59. The number of nitrogens with two attached hydrogens (primary N) is 1. The summed E-state index contributed by atoms with van der Waals surface area (Å²) >= 11 is 3.39. The van der Waals surface area contributed by atoms with Crippen molar-refractivity contribution >= 4 is 31.7 Å². The molecule has 0 aliphatic heterocycles. The van der Waals surface area contributed by atoms with Crippen molar-refractivity contribution in [3.05, 3.63) is 34.4 Å². The van der Waals surface area contributed by atoms with Crippen LogP contribution in [0, 0.1) is 0 Å². The van der Waals surface area contributed by atoms with Gasteiger partial charge in [0.05, 0.1) is 11.3 Å². The predicted molar refractivity (Wildman–Crippen MR) is 72.6 cm³/mol. The minimum absolute atomic E-state index is 0.112. The first-order valence-electron chi connectivity index (χ1n) is 5.05. The summed E-state index contributed by atoms with van der Waals surface area (Å²) in [5, 5.41) is 3.72. The van der Waals surface area contributed by atoms with E-state index in [2.05, 4.69) is 21.1 Å². The minimum atomic E-state index is -3.20. The van der Waals surface area contributed by atoms with Crippen molar-refractivity contribution in [3.8, 4) is 11.1 Å². The SMILES string of the molecule is CS(=O)(=O)Cc1noc(N)c1-c1ccccc1Br. The fraction of sp³-hybridized carbons (Fsp3) is 0.182. The Bertz CT molecular complexity index is 679. The van der Waals surface area contributed by atoms with E-state index in [-0.39, 0.29) is 11.6 Å². The molecule has 1 heterocycles. The fourth-order valence-electron chi connectivity index (χ4n) is 1.64. The van der Waals surface area contributed by atoms with Crippen LogP contribution in [0.15, 0.2) is 33.3 Å². The Morgan fingerprint density at radius 3 is 2.67 bits per heavy atom. The Morgan fingerprint density at radius 2 is 2.06 bits per heavy atom. The van der Waals surface area contributed by atoms with Crippen LogP contribution in [0.4, 0.5) is 5.88 Å². The summed E-state index contributed by atoms with van der Waals surface area (Å²) in [6.07, 6.45) is 1.14. The lowest BCUT2D eigenvalue weighted by Gasteiger charge is -2.04. The summed E-state index contributed by atoms with van der Waals surface area (Å²) in [7, 11) is -3.20. The number of sulfone groups is 1. The third-order valence-electron chi connectivity index (χ3n) is 2.33. The summed E-state index contributed by atoms with van der Waals surface area (Å²) in [6.45, 7) is 0. The van der Waals surface area contributed by atoms with E-state index >= 15 is 0 Å². The molecule has 5 nitrogen and oxygen atoms in total. The molecule has 1 aromatic carbocycles. The fourth-order valence-corrected chi connectivity index (χ4v) is 2.81. The molecule has 0 radical (unpaired) electrons. The van der Waals surface area contributed by atoms with Crippen LogP contribution in [-0.2, 0) is 15.6 Å². The van der Waals surface area contributed by atoms with Gasteiger partial charge in [0.2, 0.25) is 5.88 Å². The van der Waals surface area contributed by atoms with Gasteiger partial charge in [-0.1, -0.05) is 39.3 Å². The second-order valence-corrected chi connectivity index (χ2v) is 6.91. The van der Waals surface area contributed by atoms with E-state index in [1.165, 1.54) is 0 Å². The van der Waals surface area contributed by atoms with Gasteiger partial charge in [-0.25, -0.2) is 8.42 Å². The zero-order valence-electron chi connectivity index (χ0n) is 9.55. The largest absolute Gasteiger partial charge is 0.367 e. The molecule has 2 aromatic rings. The van der Waals surface area contributed by atoms with Crippen molar-refractivity contribution in [2.75, 3.05) is 12.0 Å². The maximum Gasteiger partial charge on any atom is 0.230 e. The molecule has 0 unspecified atom stereocenters. The van der Waals surface area contributed by atoms with Crippen LogP contribution in [0.2, 0.25) is 0 Å². The Morgan fingerprint density at radius 1 is 1.39 bits per heavy atom. The van der Waals surface area contributed by atoms with Crippen molar-refractivity contribution in [2.24, 2.45) is 0 Å². The van der Waals surface area contributed by atoms with Crippen molar-refractivity contribution in [1.29, 1.82) is 0 Å². The molecule has 0 saturated carbocycles. The van der Waals surface area contributed by atoms with Gasteiger partial charge in [0.1, 0.15) is 5.69 Å². The lowest BCUT2D eigenvalue weighted by Crippen LogP contribution is -2.02. The summed E-state index contributed by atoms with van der Waals surface area (Å²) < 4.78 is 28.4. The molecule has 0 aliphatic carbocycles. The molecule has 1 aromatic heterocycles. The number of nitrogens with zero attached hydrogens (tertiary/aromatic N) is 1.